The Morgan fingerprint density at radius 3 is 2.39 bits per heavy atom. The molecule has 0 fully saturated rings. The summed E-state index contributed by atoms with van der Waals surface area (Å²) in [6.07, 6.45) is 1.98. The van der Waals surface area contributed by atoms with E-state index in [2.05, 4.69) is 39.8 Å². The molecule has 1 nitrogen and oxygen atoms in total. The van der Waals surface area contributed by atoms with Gasteiger partial charge in [-0.3, -0.25) is 0 Å². The Balaban J connectivity index is 3.26. The summed E-state index contributed by atoms with van der Waals surface area (Å²) in [4.78, 5) is 0. The molecule has 0 saturated carbocycles. The standard InChI is InChI=1S/C16H25ClO/c1-6-18-15-13(8-7-9-17)10-12(2)11-14(15)16(3,4)5/h10-11H,6-9H2,1-5H3. The molecule has 0 aliphatic rings. The number of alkyl halides is 1. The molecule has 0 amide bonds. The van der Waals surface area contributed by atoms with E-state index in [-0.39, 0.29) is 5.41 Å². The zero-order chi connectivity index (χ0) is 13.8. The molecule has 1 aromatic carbocycles. The molecule has 0 radical (unpaired) electrons. The summed E-state index contributed by atoms with van der Waals surface area (Å²) < 4.78 is 5.90. The molecule has 0 spiro atoms. The first kappa shape index (κ1) is 15.4. The summed E-state index contributed by atoms with van der Waals surface area (Å²) in [6, 6.07) is 4.47. The van der Waals surface area contributed by atoms with Crippen LogP contribution in [0, 0.1) is 6.92 Å². The Labute approximate surface area is 116 Å². The SMILES string of the molecule is CCOc1c(CCCCl)cc(C)cc1C(C)(C)C. The molecule has 2 heteroatoms. The summed E-state index contributed by atoms with van der Waals surface area (Å²) in [7, 11) is 0. The minimum Gasteiger partial charge on any atom is -0.493 e. The molecule has 0 aliphatic heterocycles. The van der Waals surface area contributed by atoms with Gasteiger partial charge in [-0.25, -0.2) is 0 Å². The average Bonchev–Trinajstić information content (AvgIpc) is 2.27. The zero-order valence-corrected chi connectivity index (χ0v) is 13.0. The van der Waals surface area contributed by atoms with Crippen LogP contribution in [0.5, 0.6) is 5.75 Å². The van der Waals surface area contributed by atoms with Crippen LogP contribution in [0.3, 0.4) is 0 Å². The van der Waals surface area contributed by atoms with Crippen LogP contribution in [0.2, 0.25) is 0 Å². The number of aryl methyl sites for hydroxylation is 2. The van der Waals surface area contributed by atoms with E-state index in [4.69, 9.17) is 16.3 Å². The van der Waals surface area contributed by atoms with Gasteiger partial charge < -0.3 is 4.74 Å². The fourth-order valence-corrected chi connectivity index (χ4v) is 2.30. The molecule has 0 unspecified atom stereocenters. The van der Waals surface area contributed by atoms with Gasteiger partial charge in [-0.05, 0) is 37.7 Å². The van der Waals surface area contributed by atoms with E-state index in [9.17, 15) is 0 Å². The predicted molar refractivity (Wildman–Crippen MR) is 80.1 cm³/mol. The van der Waals surface area contributed by atoms with Crippen LogP contribution in [0.1, 0.15) is 50.8 Å². The topological polar surface area (TPSA) is 9.23 Å². The second-order valence-corrected chi connectivity index (χ2v) is 6.15. The van der Waals surface area contributed by atoms with Crippen LogP contribution in [0.25, 0.3) is 0 Å². The van der Waals surface area contributed by atoms with Crippen molar-refractivity contribution >= 4 is 11.6 Å². The molecule has 0 N–H and O–H groups in total. The van der Waals surface area contributed by atoms with Gasteiger partial charge in [-0.2, -0.15) is 0 Å². The predicted octanol–water partition coefficient (Wildman–Crippen LogP) is 4.86. The van der Waals surface area contributed by atoms with E-state index in [0.717, 1.165) is 18.6 Å². The van der Waals surface area contributed by atoms with E-state index in [1.807, 2.05) is 6.92 Å². The van der Waals surface area contributed by atoms with Crippen molar-refractivity contribution in [2.45, 2.75) is 52.9 Å². The molecule has 0 aromatic heterocycles. The Hall–Kier alpha value is -0.690. The quantitative estimate of drug-likeness (QED) is 0.693. The minimum absolute atomic E-state index is 0.103. The summed E-state index contributed by atoms with van der Waals surface area (Å²) in [5.74, 6) is 1.77. The monoisotopic (exact) mass is 268 g/mol. The van der Waals surface area contributed by atoms with Crippen molar-refractivity contribution in [3.8, 4) is 5.75 Å². The fraction of sp³-hybridized carbons (Fsp3) is 0.625. The first-order valence-corrected chi connectivity index (χ1v) is 7.26. The van der Waals surface area contributed by atoms with E-state index in [0.29, 0.717) is 12.5 Å². The van der Waals surface area contributed by atoms with Crippen LogP contribution in [-0.2, 0) is 11.8 Å². The lowest BCUT2D eigenvalue weighted by Gasteiger charge is -2.25. The van der Waals surface area contributed by atoms with Crippen LogP contribution in [-0.4, -0.2) is 12.5 Å². The van der Waals surface area contributed by atoms with E-state index < -0.39 is 0 Å². The molecule has 1 rings (SSSR count). The van der Waals surface area contributed by atoms with Gasteiger partial charge in [0.1, 0.15) is 5.75 Å². The van der Waals surface area contributed by atoms with Gasteiger partial charge >= 0.3 is 0 Å². The Bertz CT molecular complexity index is 391. The van der Waals surface area contributed by atoms with Gasteiger partial charge in [0.2, 0.25) is 0 Å². The highest BCUT2D eigenvalue weighted by Gasteiger charge is 2.21. The van der Waals surface area contributed by atoms with Crippen LogP contribution >= 0.6 is 11.6 Å². The molecule has 102 valence electrons. The van der Waals surface area contributed by atoms with Gasteiger partial charge in [0.25, 0.3) is 0 Å². The van der Waals surface area contributed by atoms with Crippen LogP contribution in [0.4, 0.5) is 0 Å². The lowest BCUT2D eigenvalue weighted by atomic mass is 9.83. The van der Waals surface area contributed by atoms with Crippen molar-refractivity contribution < 1.29 is 4.74 Å². The highest BCUT2D eigenvalue weighted by molar-refractivity contribution is 6.17. The molecule has 0 aliphatic carbocycles. The maximum absolute atomic E-state index is 5.90. The Morgan fingerprint density at radius 2 is 1.89 bits per heavy atom. The van der Waals surface area contributed by atoms with Crippen molar-refractivity contribution in [3.63, 3.8) is 0 Å². The third-order valence-corrected chi connectivity index (χ3v) is 3.25. The van der Waals surface area contributed by atoms with Crippen LogP contribution < -0.4 is 4.74 Å². The lowest BCUT2D eigenvalue weighted by Crippen LogP contribution is -2.15. The van der Waals surface area contributed by atoms with Gasteiger partial charge in [0.15, 0.2) is 0 Å². The molecule has 0 saturated heterocycles. The smallest absolute Gasteiger partial charge is 0.126 e. The third kappa shape index (κ3) is 3.91. The molecule has 0 atom stereocenters. The number of halogens is 1. The van der Waals surface area contributed by atoms with Gasteiger partial charge in [-0.1, -0.05) is 38.5 Å². The molecule has 1 aromatic rings. The largest absolute Gasteiger partial charge is 0.493 e. The second-order valence-electron chi connectivity index (χ2n) is 5.78. The third-order valence-electron chi connectivity index (χ3n) is 2.99. The molecular weight excluding hydrogens is 244 g/mol. The normalized spacial score (nSPS) is 11.7. The van der Waals surface area contributed by atoms with Gasteiger partial charge in [0.05, 0.1) is 6.61 Å². The molecular formula is C16H25ClO. The molecule has 0 bridgehead atoms. The number of ether oxygens (including phenoxy) is 1. The van der Waals surface area contributed by atoms with Crippen molar-refractivity contribution in [3.05, 3.63) is 28.8 Å². The molecule has 0 heterocycles. The number of benzene rings is 1. The number of hydrogen-bond acceptors (Lipinski definition) is 1. The summed E-state index contributed by atoms with van der Waals surface area (Å²) in [5.41, 5.74) is 4.00. The summed E-state index contributed by atoms with van der Waals surface area (Å²) in [6.45, 7) is 11.6. The van der Waals surface area contributed by atoms with Crippen molar-refractivity contribution in [1.29, 1.82) is 0 Å². The summed E-state index contributed by atoms with van der Waals surface area (Å²) >= 11 is 5.81. The molecule has 18 heavy (non-hydrogen) atoms. The van der Waals surface area contributed by atoms with Crippen LogP contribution in [0.15, 0.2) is 12.1 Å². The Morgan fingerprint density at radius 1 is 1.22 bits per heavy atom. The maximum Gasteiger partial charge on any atom is 0.126 e. The average molecular weight is 269 g/mol. The minimum atomic E-state index is 0.103. The highest BCUT2D eigenvalue weighted by Crippen LogP contribution is 2.36. The highest BCUT2D eigenvalue weighted by atomic mass is 35.5. The first-order chi connectivity index (χ1) is 8.40. The lowest BCUT2D eigenvalue weighted by molar-refractivity contribution is 0.326. The number of hydrogen-bond donors (Lipinski definition) is 0. The van der Waals surface area contributed by atoms with E-state index in [1.165, 1.54) is 16.7 Å². The number of rotatable bonds is 5. The van der Waals surface area contributed by atoms with Crippen molar-refractivity contribution in [2.24, 2.45) is 0 Å². The zero-order valence-electron chi connectivity index (χ0n) is 12.3. The van der Waals surface area contributed by atoms with Crippen molar-refractivity contribution in [1.82, 2.24) is 0 Å². The van der Waals surface area contributed by atoms with Crippen molar-refractivity contribution in [2.75, 3.05) is 12.5 Å². The summed E-state index contributed by atoms with van der Waals surface area (Å²) in [5, 5.41) is 0. The Kier molecular flexibility index (Phi) is 5.52. The maximum atomic E-state index is 5.90. The van der Waals surface area contributed by atoms with Gasteiger partial charge in [-0.15, -0.1) is 11.6 Å². The van der Waals surface area contributed by atoms with E-state index >= 15 is 0 Å². The first-order valence-electron chi connectivity index (χ1n) is 6.73. The van der Waals surface area contributed by atoms with E-state index in [1.54, 1.807) is 0 Å². The second kappa shape index (κ2) is 6.47. The fourth-order valence-electron chi connectivity index (χ4n) is 2.16. The van der Waals surface area contributed by atoms with Gasteiger partial charge in [0, 0.05) is 11.4 Å².